The molecule has 0 aliphatic heterocycles. The maximum atomic E-state index is 5.54. The van der Waals surface area contributed by atoms with Crippen molar-refractivity contribution in [2.45, 2.75) is 6.54 Å². The number of nitrogens with zero attached hydrogens (tertiary/aromatic N) is 1. The van der Waals surface area contributed by atoms with Crippen molar-refractivity contribution in [1.29, 1.82) is 0 Å². The smallest absolute Gasteiger partial charge is 0.124 e. The van der Waals surface area contributed by atoms with E-state index in [-0.39, 0.29) is 0 Å². The van der Waals surface area contributed by atoms with Crippen LogP contribution in [-0.2, 0) is 6.54 Å². The van der Waals surface area contributed by atoms with Crippen molar-refractivity contribution >= 4 is 27.3 Å². The number of halogens is 1. The van der Waals surface area contributed by atoms with E-state index in [4.69, 9.17) is 5.73 Å². The van der Waals surface area contributed by atoms with Gasteiger partial charge in [0.25, 0.3) is 0 Å². The normalized spacial score (nSPS) is 10.4. The Bertz CT molecular complexity index is 439. The van der Waals surface area contributed by atoms with Crippen molar-refractivity contribution in [3.8, 4) is 10.6 Å². The number of rotatable bonds is 2. The zero-order chi connectivity index (χ0) is 9.97. The Morgan fingerprint density at radius 1 is 1.36 bits per heavy atom. The van der Waals surface area contributed by atoms with E-state index in [0.717, 1.165) is 19.9 Å². The Balaban J connectivity index is 2.44. The SMILES string of the molecule is NCc1cnc(-c2ccccc2Br)s1. The van der Waals surface area contributed by atoms with Gasteiger partial charge in [0, 0.05) is 27.7 Å². The first-order chi connectivity index (χ1) is 6.81. The fourth-order valence-corrected chi connectivity index (χ4v) is 2.60. The molecular formula is C10H9BrN2S. The molecule has 1 aromatic carbocycles. The molecule has 0 amide bonds. The third kappa shape index (κ3) is 1.87. The fraction of sp³-hybridized carbons (Fsp3) is 0.100. The molecule has 0 unspecified atom stereocenters. The molecule has 2 nitrogen and oxygen atoms in total. The third-order valence-corrected chi connectivity index (χ3v) is 3.60. The summed E-state index contributed by atoms with van der Waals surface area (Å²) in [4.78, 5) is 5.43. The lowest BCUT2D eigenvalue weighted by Gasteiger charge is -1.98. The minimum absolute atomic E-state index is 0.558. The van der Waals surface area contributed by atoms with E-state index < -0.39 is 0 Å². The van der Waals surface area contributed by atoms with Crippen LogP contribution in [0.2, 0.25) is 0 Å². The van der Waals surface area contributed by atoms with Gasteiger partial charge in [-0.15, -0.1) is 11.3 Å². The average Bonchev–Trinajstić information content (AvgIpc) is 2.67. The van der Waals surface area contributed by atoms with Gasteiger partial charge in [-0.2, -0.15) is 0 Å². The first-order valence-electron chi connectivity index (χ1n) is 4.21. The summed E-state index contributed by atoms with van der Waals surface area (Å²) in [5.74, 6) is 0. The van der Waals surface area contributed by atoms with Gasteiger partial charge in [0.15, 0.2) is 0 Å². The highest BCUT2D eigenvalue weighted by atomic mass is 79.9. The van der Waals surface area contributed by atoms with E-state index >= 15 is 0 Å². The van der Waals surface area contributed by atoms with Crippen LogP contribution in [0.3, 0.4) is 0 Å². The van der Waals surface area contributed by atoms with Crippen LogP contribution in [0.15, 0.2) is 34.9 Å². The molecule has 2 rings (SSSR count). The van der Waals surface area contributed by atoms with E-state index in [1.165, 1.54) is 0 Å². The minimum Gasteiger partial charge on any atom is -0.326 e. The van der Waals surface area contributed by atoms with Crippen LogP contribution >= 0.6 is 27.3 Å². The van der Waals surface area contributed by atoms with E-state index in [1.54, 1.807) is 11.3 Å². The van der Waals surface area contributed by atoms with Crippen LogP contribution < -0.4 is 5.73 Å². The highest BCUT2D eigenvalue weighted by molar-refractivity contribution is 9.10. The van der Waals surface area contributed by atoms with Crippen LogP contribution in [-0.4, -0.2) is 4.98 Å². The van der Waals surface area contributed by atoms with Crippen molar-refractivity contribution in [3.63, 3.8) is 0 Å². The molecule has 0 saturated heterocycles. The summed E-state index contributed by atoms with van der Waals surface area (Å²) in [7, 11) is 0. The molecule has 14 heavy (non-hydrogen) atoms. The lowest BCUT2D eigenvalue weighted by molar-refractivity contribution is 1.10. The summed E-state index contributed by atoms with van der Waals surface area (Å²) in [6.45, 7) is 0.558. The number of benzene rings is 1. The Morgan fingerprint density at radius 2 is 2.14 bits per heavy atom. The molecule has 4 heteroatoms. The van der Waals surface area contributed by atoms with Crippen LogP contribution in [0.5, 0.6) is 0 Å². The predicted octanol–water partition coefficient (Wildman–Crippen LogP) is 3.03. The molecule has 0 atom stereocenters. The van der Waals surface area contributed by atoms with Gasteiger partial charge < -0.3 is 5.73 Å². The Hall–Kier alpha value is -0.710. The second-order valence-electron chi connectivity index (χ2n) is 2.82. The van der Waals surface area contributed by atoms with Crippen LogP contribution in [0.1, 0.15) is 4.88 Å². The topological polar surface area (TPSA) is 38.9 Å². The van der Waals surface area contributed by atoms with Gasteiger partial charge in [0.1, 0.15) is 5.01 Å². The van der Waals surface area contributed by atoms with Gasteiger partial charge >= 0.3 is 0 Å². The molecule has 0 bridgehead atoms. The van der Waals surface area contributed by atoms with Gasteiger partial charge in [0.05, 0.1) is 0 Å². The highest BCUT2D eigenvalue weighted by Gasteiger charge is 2.06. The van der Waals surface area contributed by atoms with E-state index in [9.17, 15) is 0 Å². The Labute approximate surface area is 94.9 Å². The molecule has 0 spiro atoms. The molecule has 0 radical (unpaired) electrons. The van der Waals surface area contributed by atoms with Gasteiger partial charge in [-0.25, -0.2) is 4.98 Å². The van der Waals surface area contributed by atoms with Gasteiger partial charge in [-0.1, -0.05) is 34.1 Å². The number of thiazole rings is 1. The highest BCUT2D eigenvalue weighted by Crippen LogP contribution is 2.30. The molecule has 0 aliphatic carbocycles. The first kappa shape index (κ1) is 9.83. The summed E-state index contributed by atoms with van der Waals surface area (Å²) >= 11 is 5.13. The maximum Gasteiger partial charge on any atom is 0.124 e. The second-order valence-corrected chi connectivity index (χ2v) is 4.79. The monoisotopic (exact) mass is 268 g/mol. The van der Waals surface area contributed by atoms with Crippen LogP contribution in [0.25, 0.3) is 10.6 Å². The number of aromatic nitrogens is 1. The quantitative estimate of drug-likeness (QED) is 0.910. The van der Waals surface area contributed by atoms with E-state index in [0.29, 0.717) is 6.54 Å². The molecular weight excluding hydrogens is 260 g/mol. The molecule has 2 aromatic rings. The van der Waals surface area contributed by atoms with E-state index in [2.05, 4.69) is 20.9 Å². The molecule has 1 heterocycles. The number of hydrogen-bond donors (Lipinski definition) is 1. The second kappa shape index (κ2) is 4.21. The molecule has 1 aromatic heterocycles. The maximum absolute atomic E-state index is 5.54. The van der Waals surface area contributed by atoms with Crippen molar-refractivity contribution in [2.24, 2.45) is 5.73 Å². The lowest BCUT2D eigenvalue weighted by Crippen LogP contribution is -1.91. The fourth-order valence-electron chi connectivity index (χ4n) is 1.16. The van der Waals surface area contributed by atoms with Gasteiger partial charge in [-0.3, -0.25) is 0 Å². The lowest BCUT2D eigenvalue weighted by atomic mass is 10.2. The predicted molar refractivity (Wildman–Crippen MR) is 63.1 cm³/mol. The largest absolute Gasteiger partial charge is 0.326 e. The third-order valence-electron chi connectivity index (χ3n) is 1.86. The van der Waals surface area contributed by atoms with Gasteiger partial charge in [0.2, 0.25) is 0 Å². The van der Waals surface area contributed by atoms with Crippen molar-refractivity contribution in [1.82, 2.24) is 4.98 Å². The average molecular weight is 269 g/mol. The molecule has 72 valence electrons. The Morgan fingerprint density at radius 3 is 2.79 bits per heavy atom. The summed E-state index contributed by atoms with van der Waals surface area (Å²) in [5.41, 5.74) is 6.66. The standard InChI is InChI=1S/C10H9BrN2S/c11-9-4-2-1-3-8(9)10-13-6-7(5-12)14-10/h1-4,6H,5,12H2. The molecule has 0 aliphatic rings. The molecule has 2 N–H and O–H groups in total. The Kier molecular flexibility index (Phi) is 2.96. The molecule has 0 fully saturated rings. The number of hydrogen-bond acceptors (Lipinski definition) is 3. The zero-order valence-electron chi connectivity index (χ0n) is 7.40. The van der Waals surface area contributed by atoms with Crippen LogP contribution in [0, 0.1) is 0 Å². The van der Waals surface area contributed by atoms with Crippen molar-refractivity contribution in [2.75, 3.05) is 0 Å². The summed E-state index contributed by atoms with van der Waals surface area (Å²) in [6, 6.07) is 8.05. The minimum atomic E-state index is 0.558. The van der Waals surface area contributed by atoms with Crippen molar-refractivity contribution < 1.29 is 0 Å². The molecule has 0 saturated carbocycles. The number of nitrogens with two attached hydrogens (primary N) is 1. The van der Waals surface area contributed by atoms with Crippen LogP contribution in [0.4, 0.5) is 0 Å². The van der Waals surface area contributed by atoms with E-state index in [1.807, 2.05) is 30.5 Å². The van der Waals surface area contributed by atoms with Gasteiger partial charge in [-0.05, 0) is 6.07 Å². The summed E-state index contributed by atoms with van der Waals surface area (Å²) < 4.78 is 1.07. The first-order valence-corrected chi connectivity index (χ1v) is 5.82. The zero-order valence-corrected chi connectivity index (χ0v) is 9.81. The summed E-state index contributed by atoms with van der Waals surface area (Å²) in [5, 5.41) is 1.01. The summed E-state index contributed by atoms with van der Waals surface area (Å²) in [6.07, 6.45) is 1.83. The van der Waals surface area contributed by atoms with Crippen molar-refractivity contribution in [3.05, 3.63) is 39.8 Å².